The van der Waals surface area contributed by atoms with E-state index < -0.39 is 0 Å². The summed E-state index contributed by atoms with van der Waals surface area (Å²) in [5.74, 6) is 1.06. The Labute approximate surface area is 71.7 Å². The Balaban J connectivity index is -0.000000107. The summed E-state index contributed by atoms with van der Waals surface area (Å²) in [6.07, 6.45) is 5.11. The van der Waals surface area contributed by atoms with Gasteiger partial charge in [0, 0.05) is 7.97 Å². The minimum absolute atomic E-state index is 0. The molecule has 1 aliphatic carbocycles. The van der Waals surface area contributed by atoms with Crippen molar-refractivity contribution in [3.63, 3.8) is 0 Å². The summed E-state index contributed by atoms with van der Waals surface area (Å²) in [5.41, 5.74) is 4.66. The molecule has 1 fully saturated rings. The molecule has 2 heteroatoms. The smallest absolute Gasteiger partial charge is 0.133 e. The summed E-state index contributed by atoms with van der Waals surface area (Å²) in [4.78, 5) is 9.05. The van der Waals surface area contributed by atoms with Gasteiger partial charge in [0.2, 0.25) is 0 Å². The van der Waals surface area contributed by atoms with E-state index in [1.54, 1.807) is 0 Å². The minimum atomic E-state index is 0. The predicted octanol–water partition coefficient (Wildman–Crippen LogP) is 2.22. The Morgan fingerprint density at radius 2 is 1.82 bits per heavy atom. The lowest BCUT2D eigenvalue weighted by atomic mass is 9.88. The van der Waals surface area contributed by atoms with Crippen LogP contribution >= 0.6 is 0 Å². The van der Waals surface area contributed by atoms with Gasteiger partial charge in [0.1, 0.15) is 6.29 Å². The van der Waals surface area contributed by atoms with Crippen molar-refractivity contribution < 1.29 is 6.22 Å². The van der Waals surface area contributed by atoms with Gasteiger partial charge in [0.25, 0.3) is 0 Å². The number of hydrogen-bond acceptors (Lipinski definition) is 2. The van der Waals surface area contributed by atoms with Crippen LogP contribution in [0.1, 0.15) is 41.5 Å². The molecule has 0 spiro atoms. The zero-order valence-corrected chi connectivity index (χ0v) is 7.97. The number of carbonyl (C=O) groups is 1. The van der Waals surface area contributed by atoms with Gasteiger partial charge in [-0.15, -0.1) is 0 Å². The largest absolute Gasteiger partial charge is 0.324 e. The summed E-state index contributed by atoms with van der Waals surface area (Å²) in [6, 6.07) is 0. The van der Waals surface area contributed by atoms with Crippen LogP contribution in [0, 0.1) is 5.92 Å². The van der Waals surface area contributed by atoms with Crippen molar-refractivity contribution in [1.29, 1.82) is 0 Å². The van der Waals surface area contributed by atoms with Gasteiger partial charge in [0.15, 0.2) is 0 Å². The molecule has 0 aromatic carbocycles. The maximum absolute atomic E-state index is 9.05. The summed E-state index contributed by atoms with van der Waals surface area (Å²) in [7, 11) is 0. The molecule has 0 bridgehead atoms. The first-order chi connectivity index (χ1) is 5.31. The average molecular weight is 161 g/mol. The molecule has 70 valence electrons. The van der Waals surface area contributed by atoms with Crippen LogP contribution in [0.3, 0.4) is 0 Å². The van der Waals surface area contributed by atoms with Crippen LogP contribution in [-0.2, 0) is 4.79 Å². The summed E-state index contributed by atoms with van der Waals surface area (Å²) < 4.78 is 0. The number of nitrogens with two attached hydrogens (primary N) is 1. The maximum atomic E-state index is 9.05. The third-order valence-corrected chi connectivity index (χ3v) is 1.49. The molecule has 0 unspecified atom stereocenters. The molecule has 0 aromatic heterocycles. The van der Waals surface area contributed by atoms with E-state index in [9.17, 15) is 0 Å². The van der Waals surface area contributed by atoms with Crippen molar-refractivity contribution in [2.75, 3.05) is 6.54 Å². The Hall–Kier alpha value is -0.370. The Morgan fingerprint density at radius 1 is 1.55 bits per heavy atom. The minimum Gasteiger partial charge on any atom is -0.324 e. The van der Waals surface area contributed by atoms with Crippen molar-refractivity contribution in [1.82, 2.24) is 0 Å². The predicted molar refractivity (Wildman–Crippen MR) is 51.6 cm³/mol. The molecular weight excluding hydrogens is 138 g/mol. The second-order valence-electron chi connectivity index (χ2n) is 2.44. The van der Waals surface area contributed by atoms with Crippen molar-refractivity contribution in [2.24, 2.45) is 11.7 Å². The van der Waals surface area contributed by atoms with Gasteiger partial charge < -0.3 is 10.5 Å². The Bertz CT molecular complexity index is 74.9. The lowest BCUT2D eigenvalue weighted by Gasteiger charge is -2.18. The van der Waals surface area contributed by atoms with Crippen LogP contribution in [0.2, 0.25) is 0 Å². The highest BCUT2D eigenvalue weighted by Gasteiger charge is 2.09. The average Bonchev–Trinajstić information content (AvgIpc) is 2.05. The van der Waals surface area contributed by atoms with Crippen molar-refractivity contribution in [2.45, 2.75) is 40.0 Å². The zero-order valence-electron chi connectivity index (χ0n) is 7.97. The number of carbonyl (C=O) groups excluding carboxylic acids is 1. The first-order valence-electron chi connectivity index (χ1n) is 4.45. The third-order valence-electron chi connectivity index (χ3n) is 1.49. The molecule has 11 heavy (non-hydrogen) atoms. The molecule has 2 N–H and O–H groups in total. The first-order valence-corrected chi connectivity index (χ1v) is 4.45. The standard InChI is InChI=1S/C5H10.C2H5NO.C2H6.H2/c1-5-3-2-4-5;3-1-2-4;1-2;/h5H,2-4H2,1H3;2H,1,3H2;1-2H3;1H. The van der Waals surface area contributed by atoms with Crippen molar-refractivity contribution in [3.8, 4) is 0 Å². The van der Waals surface area contributed by atoms with E-state index in [1.165, 1.54) is 19.3 Å². The van der Waals surface area contributed by atoms with Gasteiger partial charge in [-0.05, 0) is 5.92 Å². The zero-order chi connectivity index (χ0) is 9.11. The molecule has 0 radical (unpaired) electrons. The molecule has 1 rings (SSSR count). The van der Waals surface area contributed by atoms with E-state index in [0.717, 1.165) is 5.92 Å². The highest BCUT2D eigenvalue weighted by atomic mass is 16.1. The SMILES string of the molecule is CC.CC1CCC1.NCC=O.[HH]. The quantitative estimate of drug-likeness (QED) is 0.599. The molecule has 1 saturated carbocycles. The van der Waals surface area contributed by atoms with E-state index in [2.05, 4.69) is 12.7 Å². The summed E-state index contributed by atoms with van der Waals surface area (Å²) in [5, 5.41) is 0. The van der Waals surface area contributed by atoms with E-state index in [-0.39, 0.29) is 7.97 Å². The number of hydrogen-bond donors (Lipinski definition) is 1. The fourth-order valence-electron chi connectivity index (χ4n) is 0.612. The molecule has 0 aromatic rings. The normalized spacial score (nSPS) is 14.5. The van der Waals surface area contributed by atoms with Crippen LogP contribution < -0.4 is 5.73 Å². The monoisotopic (exact) mass is 161 g/mol. The van der Waals surface area contributed by atoms with Crippen molar-refractivity contribution in [3.05, 3.63) is 0 Å². The summed E-state index contributed by atoms with van der Waals surface area (Å²) in [6.45, 7) is 6.45. The lowest BCUT2D eigenvalue weighted by Crippen LogP contribution is -2.04. The van der Waals surface area contributed by atoms with E-state index in [1.807, 2.05) is 13.8 Å². The Kier molecular flexibility index (Phi) is 14.8. The lowest BCUT2D eigenvalue weighted by molar-refractivity contribution is -0.106. The second-order valence-corrected chi connectivity index (χ2v) is 2.44. The van der Waals surface area contributed by atoms with Crippen LogP contribution in [0.5, 0.6) is 0 Å². The molecule has 2 nitrogen and oxygen atoms in total. The maximum Gasteiger partial charge on any atom is 0.133 e. The van der Waals surface area contributed by atoms with Gasteiger partial charge in [0.05, 0.1) is 0 Å². The van der Waals surface area contributed by atoms with Crippen LogP contribution in [0.4, 0.5) is 0 Å². The molecule has 0 saturated heterocycles. The molecule has 0 atom stereocenters. The van der Waals surface area contributed by atoms with Crippen molar-refractivity contribution >= 4 is 6.29 Å². The molecule has 1 aliphatic rings. The van der Waals surface area contributed by atoms with Crippen LogP contribution in [-0.4, -0.2) is 12.8 Å². The van der Waals surface area contributed by atoms with Gasteiger partial charge in [-0.1, -0.05) is 40.0 Å². The van der Waals surface area contributed by atoms with Gasteiger partial charge in [-0.3, -0.25) is 0 Å². The van der Waals surface area contributed by atoms with E-state index in [0.29, 0.717) is 6.29 Å². The summed E-state index contributed by atoms with van der Waals surface area (Å²) >= 11 is 0. The fourth-order valence-corrected chi connectivity index (χ4v) is 0.612. The number of aldehydes is 1. The van der Waals surface area contributed by atoms with Crippen LogP contribution in [0.25, 0.3) is 0 Å². The number of rotatable bonds is 1. The molecular formula is C9H23NO. The molecule has 0 aliphatic heterocycles. The highest BCUT2D eigenvalue weighted by Crippen LogP contribution is 2.24. The topological polar surface area (TPSA) is 43.1 Å². The second kappa shape index (κ2) is 12.3. The van der Waals surface area contributed by atoms with Gasteiger partial charge >= 0.3 is 0 Å². The fraction of sp³-hybridized carbons (Fsp3) is 0.889. The Morgan fingerprint density at radius 3 is 1.82 bits per heavy atom. The van der Waals surface area contributed by atoms with Gasteiger partial charge in [-0.2, -0.15) is 0 Å². The van der Waals surface area contributed by atoms with E-state index >= 15 is 0 Å². The first kappa shape index (κ1) is 13.2. The highest BCUT2D eigenvalue weighted by molar-refractivity contribution is 5.51. The van der Waals surface area contributed by atoms with Gasteiger partial charge in [-0.25, -0.2) is 0 Å². The molecule has 0 amide bonds. The van der Waals surface area contributed by atoms with Crippen LogP contribution in [0.15, 0.2) is 0 Å². The third kappa shape index (κ3) is 12.8. The van der Waals surface area contributed by atoms with E-state index in [4.69, 9.17) is 4.79 Å². The molecule has 0 heterocycles.